The van der Waals surface area contributed by atoms with E-state index in [1.807, 2.05) is 0 Å². The molecule has 148 valence electrons. The fraction of sp³-hybridized carbons (Fsp3) is 0.407. The van der Waals surface area contributed by atoms with Gasteiger partial charge in [-0.15, -0.1) is 0 Å². The molecule has 1 aromatic heterocycles. The van der Waals surface area contributed by atoms with Crippen molar-refractivity contribution in [3.8, 4) is 0 Å². The molecule has 1 aliphatic heterocycles. The molecule has 0 saturated heterocycles. The van der Waals surface area contributed by atoms with E-state index < -0.39 is 0 Å². The van der Waals surface area contributed by atoms with E-state index in [9.17, 15) is 0 Å². The van der Waals surface area contributed by atoms with Crippen LogP contribution >= 0.6 is 0 Å². The predicted octanol–water partition coefficient (Wildman–Crippen LogP) is 5.11. The molecule has 0 N–H and O–H groups in total. The SMILES string of the molecule is CCCC1C=Cc2oc3c(c2C1)=CC1C2=C(C=C(C4=CC=CCC4)CC2)OC1C=3. The highest BCUT2D eigenvalue weighted by atomic mass is 16.5. The summed E-state index contributed by atoms with van der Waals surface area (Å²) in [5.74, 6) is 3.19. The van der Waals surface area contributed by atoms with Crippen LogP contribution in [0.2, 0.25) is 0 Å². The Balaban J connectivity index is 1.36. The van der Waals surface area contributed by atoms with Crippen LogP contribution in [0.1, 0.15) is 56.8 Å². The van der Waals surface area contributed by atoms with E-state index in [0.29, 0.717) is 11.8 Å². The summed E-state index contributed by atoms with van der Waals surface area (Å²) in [5.41, 5.74) is 6.87. The van der Waals surface area contributed by atoms with E-state index in [1.165, 1.54) is 40.3 Å². The number of rotatable bonds is 3. The Hall–Kier alpha value is -2.48. The average molecular weight is 385 g/mol. The molecule has 5 aliphatic rings. The second kappa shape index (κ2) is 6.79. The summed E-state index contributed by atoms with van der Waals surface area (Å²) in [6.45, 7) is 2.27. The number of allylic oxidation sites excluding steroid dienone is 7. The normalized spacial score (nSPS) is 28.9. The van der Waals surface area contributed by atoms with Crippen molar-refractivity contribution in [1.29, 1.82) is 0 Å². The van der Waals surface area contributed by atoms with Gasteiger partial charge in [-0.1, -0.05) is 43.7 Å². The van der Waals surface area contributed by atoms with Gasteiger partial charge in [-0.3, -0.25) is 0 Å². The minimum atomic E-state index is 0.0892. The standard InChI is InChI=1S/C27H28O2/c1-2-6-17-9-12-24-21(13-17)23-15-22-20-11-10-19(18-7-4-3-5-8-18)14-25(20)29-26(22)16-27(23)28-24/h3-4,7,9,12,14-17,22,26H,2,5-6,8,10-11,13H2,1H3. The van der Waals surface area contributed by atoms with E-state index in [4.69, 9.17) is 9.15 Å². The molecule has 3 atom stereocenters. The molecule has 2 nitrogen and oxygen atoms in total. The van der Waals surface area contributed by atoms with Crippen LogP contribution in [-0.2, 0) is 11.2 Å². The summed E-state index contributed by atoms with van der Waals surface area (Å²) in [5, 5.41) is 1.33. The number of hydrogen-bond acceptors (Lipinski definition) is 2. The minimum Gasteiger partial charge on any atom is -0.485 e. The van der Waals surface area contributed by atoms with Gasteiger partial charge in [0.15, 0.2) is 0 Å². The molecule has 4 aliphatic carbocycles. The first-order valence-electron chi connectivity index (χ1n) is 11.3. The molecule has 0 aromatic carbocycles. The molecule has 6 rings (SSSR count). The lowest BCUT2D eigenvalue weighted by molar-refractivity contribution is 0.188. The van der Waals surface area contributed by atoms with Gasteiger partial charge < -0.3 is 9.15 Å². The maximum Gasteiger partial charge on any atom is 0.134 e. The third kappa shape index (κ3) is 2.84. The molecule has 29 heavy (non-hydrogen) atoms. The molecule has 0 radical (unpaired) electrons. The highest BCUT2D eigenvalue weighted by Gasteiger charge is 2.37. The summed E-state index contributed by atoms with van der Waals surface area (Å²) in [7, 11) is 0. The number of ether oxygens (including phenoxy) is 1. The van der Waals surface area contributed by atoms with Gasteiger partial charge in [0, 0.05) is 22.8 Å². The zero-order valence-corrected chi connectivity index (χ0v) is 17.1. The molecule has 0 saturated carbocycles. The number of fused-ring (bicyclic) bond motifs is 5. The largest absolute Gasteiger partial charge is 0.485 e. The Morgan fingerprint density at radius 1 is 1.10 bits per heavy atom. The number of furan rings is 1. The van der Waals surface area contributed by atoms with Crippen molar-refractivity contribution < 1.29 is 9.15 Å². The van der Waals surface area contributed by atoms with E-state index in [0.717, 1.165) is 49.0 Å². The van der Waals surface area contributed by atoms with Crippen molar-refractivity contribution in [3.05, 3.63) is 74.8 Å². The zero-order valence-electron chi connectivity index (χ0n) is 17.1. The molecular weight excluding hydrogens is 356 g/mol. The Bertz CT molecular complexity index is 1130. The number of hydrogen-bond donors (Lipinski definition) is 0. The van der Waals surface area contributed by atoms with Gasteiger partial charge in [0.25, 0.3) is 0 Å². The third-order valence-electron chi connectivity index (χ3n) is 7.15. The van der Waals surface area contributed by atoms with Crippen LogP contribution < -0.4 is 10.6 Å². The highest BCUT2D eigenvalue weighted by molar-refractivity contribution is 5.60. The summed E-state index contributed by atoms with van der Waals surface area (Å²) in [6.07, 6.45) is 26.5. The van der Waals surface area contributed by atoms with Crippen LogP contribution in [0.25, 0.3) is 18.2 Å². The van der Waals surface area contributed by atoms with E-state index in [1.54, 1.807) is 0 Å². The van der Waals surface area contributed by atoms with Crippen molar-refractivity contribution in [2.45, 2.75) is 58.0 Å². The van der Waals surface area contributed by atoms with Gasteiger partial charge in [-0.2, -0.15) is 0 Å². The molecule has 0 bridgehead atoms. The lowest BCUT2D eigenvalue weighted by Gasteiger charge is -2.20. The summed E-state index contributed by atoms with van der Waals surface area (Å²) in [6, 6.07) is 0. The highest BCUT2D eigenvalue weighted by Crippen LogP contribution is 2.43. The molecule has 3 unspecified atom stereocenters. The van der Waals surface area contributed by atoms with Gasteiger partial charge in [-0.05, 0) is 73.3 Å². The maximum atomic E-state index is 6.43. The van der Waals surface area contributed by atoms with Crippen LogP contribution in [0.15, 0.2) is 57.3 Å². The summed E-state index contributed by atoms with van der Waals surface area (Å²) < 4.78 is 12.7. The molecule has 1 aromatic rings. The first kappa shape index (κ1) is 17.4. The predicted molar refractivity (Wildman–Crippen MR) is 117 cm³/mol. The average Bonchev–Trinajstić information content (AvgIpc) is 3.29. The molecule has 2 heterocycles. The first-order chi connectivity index (χ1) is 14.3. The van der Waals surface area contributed by atoms with Crippen LogP contribution in [0.3, 0.4) is 0 Å². The van der Waals surface area contributed by atoms with Crippen molar-refractivity contribution in [1.82, 2.24) is 0 Å². The van der Waals surface area contributed by atoms with Gasteiger partial charge in [0.2, 0.25) is 0 Å². The summed E-state index contributed by atoms with van der Waals surface area (Å²) >= 11 is 0. The lowest BCUT2D eigenvalue weighted by Crippen LogP contribution is -2.34. The van der Waals surface area contributed by atoms with Crippen molar-refractivity contribution in [2.24, 2.45) is 11.8 Å². The molecular formula is C27H28O2. The summed E-state index contributed by atoms with van der Waals surface area (Å²) in [4.78, 5) is 0. The van der Waals surface area contributed by atoms with Crippen LogP contribution in [0.5, 0.6) is 0 Å². The van der Waals surface area contributed by atoms with Crippen LogP contribution in [0.4, 0.5) is 0 Å². The van der Waals surface area contributed by atoms with E-state index in [-0.39, 0.29) is 6.10 Å². The second-order valence-electron chi connectivity index (χ2n) is 8.99. The van der Waals surface area contributed by atoms with E-state index >= 15 is 0 Å². The third-order valence-corrected chi connectivity index (χ3v) is 7.15. The molecule has 0 spiro atoms. The van der Waals surface area contributed by atoms with Crippen LogP contribution in [0, 0.1) is 11.8 Å². The lowest BCUT2D eigenvalue weighted by atomic mass is 9.81. The quantitative estimate of drug-likeness (QED) is 0.723. The second-order valence-corrected chi connectivity index (χ2v) is 8.99. The molecule has 2 heteroatoms. The molecule has 0 fully saturated rings. The molecule has 0 amide bonds. The fourth-order valence-electron chi connectivity index (χ4n) is 5.65. The zero-order chi connectivity index (χ0) is 19.4. The van der Waals surface area contributed by atoms with Gasteiger partial charge in [0.05, 0.1) is 0 Å². The maximum absolute atomic E-state index is 6.43. The Morgan fingerprint density at radius 2 is 2.07 bits per heavy atom. The van der Waals surface area contributed by atoms with Crippen LogP contribution in [-0.4, -0.2) is 6.10 Å². The van der Waals surface area contributed by atoms with Gasteiger partial charge >= 0.3 is 0 Å². The Labute approximate surface area is 172 Å². The van der Waals surface area contributed by atoms with Crippen molar-refractivity contribution in [2.75, 3.05) is 0 Å². The van der Waals surface area contributed by atoms with Gasteiger partial charge in [0.1, 0.15) is 23.0 Å². The van der Waals surface area contributed by atoms with Crippen molar-refractivity contribution in [3.63, 3.8) is 0 Å². The monoisotopic (exact) mass is 384 g/mol. The minimum absolute atomic E-state index is 0.0892. The van der Waals surface area contributed by atoms with E-state index in [2.05, 4.69) is 55.5 Å². The first-order valence-corrected chi connectivity index (χ1v) is 11.3. The topological polar surface area (TPSA) is 22.4 Å². The smallest absolute Gasteiger partial charge is 0.134 e. The van der Waals surface area contributed by atoms with Gasteiger partial charge in [-0.25, -0.2) is 0 Å². The van der Waals surface area contributed by atoms with Crippen molar-refractivity contribution >= 4 is 18.2 Å². The Kier molecular flexibility index (Phi) is 4.07. The Morgan fingerprint density at radius 3 is 2.93 bits per heavy atom. The fourth-order valence-corrected chi connectivity index (χ4v) is 5.65.